The van der Waals surface area contributed by atoms with Crippen molar-refractivity contribution in [1.82, 2.24) is 16.2 Å². The average Bonchev–Trinajstić information content (AvgIpc) is 2.77. The molecule has 2 rings (SSSR count). The third-order valence-corrected chi connectivity index (χ3v) is 4.96. The predicted molar refractivity (Wildman–Crippen MR) is 129 cm³/mol. The molecule has 0 saturated heterocycles. The zero-order chi connectivity index (χ0) is 23.5. The van der Waals surface area contributed by atoms with Crippen molar-refractivity contribution in [2.24, 2.45) is 0 Å². The number of thiocarbonyl (C=S) groups is 1. The van der Waals surface area contributed by atoms with Gasteiger partial charge in [-0.15, -0.1) is 0 Å². The molecule has 0 aromatic heterocycles. The van der Waals surface area contributed by atoms with E-state index in [1.54, 1.807) is 36.4 Å². The van der Waals surface area contributed by atoms with Gasteiger partial charge in [0, 0.05) is 10.6 Å². The number of halogens is 2. The fraction of sp³-hybridized carbons (Fsp3) is 0.318. The van der Waals surface area contributed by atoms with Crippen molar-refractivity contribution in [2.75, 3.05) is 6.61 Å². The lowest BCUT2D eigenvalue weighted by Gasteiger charge is -2.17. The molecule has 0 saturated carbocycles. The van der Waals surface area contributed by atoms with Crippen LogP contribution in [0.15, 0.2) is 42.5 Å². The smallest absolute Gasteiger partial charge is 0.279 e. The van der Waals surface area contributed by atoms with Crippen LogP contribution in [0.25, 0.3) is 0 Å². The molecule has 7 nitrogen and oxygen atoms in total. The molecule has 1 atom stereocenters. The number of ether oxygens (including phenoxy) is 2. The molecule has 0 bridgehead atoms. The molecule has 2 aromatic carbocycles. The lowest BCUT2D eigenvalue weighted by atomic mass is 10.2. The van der Waals surface area contributed by atoms with E-state index in [2.05, 4.69) is 23.1 Å². The molecule has 0 aliphatic carbocycles. The monoisotopic (exact) mass is 497 g/mol. The molecule has 3 N–H and O–H groups in total. The van der Waals surface area contributed by atoms with E-state index in [0.29, 0.717) is 28.7 Å². The van der Waals surface area contributed by atoms with Gasteiger partial charge in [-0.1, -0.05) is 43.0 Å². The summed E-state index contributed by atoms with van der Waals surface area (Å²) in [6.45, 7) is 4.30. The van der Waals surface area contributed by atoms with Gasteiger partial charge in [0.2, 0.25) is 0 Å². The molecule has 10 heteroatoms. The summed E-state index contributed by atoms with van der Waals surface area (Å²) in [6.07, 6.45) is 2.34. The maximum atomic E-state index is 12.3. The van der Waals surface area contributed by atoms with E-state index in [4.69, 9.17) is 44.9 Å². The molecular weight excluding hydrogens is 473 g/mol. The van der Waals surface area contributed by atoms with Gasteiger partial charge < -0.3 is 9.47 Å². The zero-order valence-corrected chi connectivity index (χ0v) is 20.1. The van der Waals surface area contributed by atoms with Gasteiger partial charge in [0.1, 0.15) is 11.5 Å². The molecule has 0 spiro atoms. The van der Waals surface area contributed by atoms with E-state index in [-0.39, 0.29) is 10.1 Å². The lowest BCUT2D eigenvalue weighted by Crippen LogP contribution is -2.51. The highest BCUT2D eigenvalue weighted by Crippen LogP contribution is 2.28. The number of hydrogen-bond acceptors (Lipinski definition) is 5. The maximum Gasteiger partial charge on any atom is 0.279 e. The van der Waals surface area contributed by atoms with Crippen LogP contribution in [0, 0.1) is 0 Å². The fourth-order valence-corrected chi connectivity index (χ4v) is 3.08. The number of amides is 2. The Morgan fingerprint density at radius 2 is 1.78 bits per heavy atom. The highest BCUT2D eigenvalue weighted by molar-refractivity contribution is 7.80. The van der Waals surface area contributed by atoms with E-state index in [0.717, 1.165) is 19.3 Å². The van der Waals surface area contributed by atoms with Gasteiger partial charge in [-0.2, -0.15) is 0 Å². The molecule has 32 heavy (non-hydrogen) atoms. The lowest BCUT2D eigenvalue weighted by molar-refractivity contribution is -0.127. The first-order valence-electron chi connectivity index (χ1n) is 10.1. The van der Waals surface area contributed by atoms with Crippen LogP contribution in [0.3, 0.4) is 0 Å². The van der Waals surface area contributed by atoms with Gasteiger partial charge in [0.25, 0.3) is 11.8 Å². The molecule has 0 fully saturated rings. The molecule has 0 radical (unpaired) electrons. The van der Waals surface area contributed by atoms with E-state index in [1.807, 2.05) is 0 Å². The van der Waals surface area contributed by atoms with Gasteiger partial charge in [-0.25, -0.2) is 0 Å². The largest absolute Gasteiger partial charge is 0.494 e. The summed E-state index contributed by atoms with van der Waals surface area (Å²) >= 11 is 16.9. The van der Waals surface area contributed by atoms with Crippen LogP contribution < -0.4 is 25.6 Å². The molecule has 2 aromatic rings. The summed E-state index contributed by atoms with van der Waals surface area (Å²) in [5, 5.41) is 3.15. The molecular formula is C22H25Cl2N3O4S. The minimum Gasteiger partial charge on any atom is -0.494 e. The molecule has 172 valence electrons. The third-order valence-electron chi connectivity index (χ3n) is 4.23. The first-order chi connectivity index (χ1) is 15.3. The van der Waals surface area contributed by atoms with Crippen molar-refractivity contribution in [1.29, 1.82) is 0 Å². The van der Waals surface area contributed by atoms with Crippen molar-refractivity contribution in [3.63, 3.8) is 0 Å². The Bertz CT molecular complexity index is 941. The van der Waals surface area contributed by atoms with Crippen LogP contribution in [0.4, 0.5) is 0 Å². The number of nitrogens with one attached hydrogen (secondary N) is 3. The summed E-state index contributed by atoms with van der Waals surface area (Å²) < 4.78 is 11.1. The van der Waals surface area contributed by atoms with Crippen LogP contribution in [0.5, 0.6) is 11.5 Å². The third kappa shape index (κ3) is 8.53. The normalized spacial score (nSPS) is 11.2. The van der Waals surface area contributed by atoms with Gasteiger partial charge in [-0.3, -0.25) is 25.8 Å². The zero-order valence-electron chi connectivity index (χ0n) is 17.7. The molecule has 0 heterocycles. The average molecular weight is 498 g/mol. The van der Waals surface area contributed by atoms with Crippen LogP contribution in [-0.2, 0) is 4.79 Å². The molecule has 0 aliphatic rings. The number of carbonyl (C=O) groups is 2. The maximum absolute atomic E-state index is 12.3. The van der Waals surface area contributed by atoms with Crippen molar-refractivity contribution < 1.29 is 19.1 Å². The second kappa shape index (κ2) is 13.1. The standard InChI is InChI=1S/C22H25Cl2N3O4S/c1-3-4-5-12-30-17-9-6-15(7-10-17)21(29)25-22(32)27-26-20(28)14(2)31-19-11-8-16(23)13-18(19)24/h6-11,13-14H,3-5,12H2,1-2H3,(H,26,28)(H2,25,27,29,32). The Balaban J connectivity index is 1.76. The summed E-state index contributed by atoms with van der Waals surface area (Å²) in [5.41, 5.74) is 5.24. The van der Waals surface area contributed by atoms with Gasteiger partial charge in [-0.05, 0) is 68.0 Å². The highest BCUT2D eigenvalue weighted by Gasteiger charge is 2.17. The number of hydrogen-bond donors (Lipinski definition) is 3. The quantitative estimate of drug-likeness (QED) is 0.265. The van der Waals surface area contributed by atoms with Crippen LogP contribution >= 0.6 is 35.4 Å². The number of unbranched alkanes of at least 4 members (excludes halogenated alkanes) is 2. The number of benzene rings is 2. The van der Waals surface area contributed by atoms with Crippen LogP contribution in [0.1, 0.15) is 43.5 Å². The highest BCUT2D eigenvalue weighted by atomic mass is 35.5. The second-order valence-electron chi connectivity index (χ2n) is 6.81. The van der Waals surface area contributed by atoms with Crippen molar-refractivity contribution in [3.8, 4) is 11.5 Å². The van der Waals surface area contributed by atoms with Crippen LogP contribution in [-0.4, -0.2) is 29.6 Å². The first-order valence-corrected chi connectivity index (χ1v) is 11.2. The Labute approximate surface area is 202 Å². The summed E-state index contributed by atoms with van der Waals surface area (Å²) in [7, 11) is 0. The van der Waals surface area contributed by atoms with E-state index in [9.17, 15) is 9.59 Å². The Hall–Kier alpha value is -2.55. The van der Waals surface area contributed by atoms with E-state index in [1.165, 1.54) is 13.0 Å². The minimum absolute atomic E-state index is 0.0695. The van der Waals surface area contributed by atoms with Gasteiger partial charge >= 0.3 is 0 Å². The number of carbonyl (C=O) groups excluding carboxylic acids is 2. The number of rotatable bonds is 9. The number of hydrazine groups is 1. The predicted octanol–water partition coefficient (Wildman–Crippen LogP) is 4.67. The van der Waals surface area contributed by atoms with Gasteiger partial charge in [0.05, 0.1) is 11.6 Å². The van der Waals surface area contributed by atoms with Gasteiger partial charge in [0.15, 0.2) is 11.2 Å². The van der Waals surface area contributed by atoms with Crippen molar-refractivity contribution >= 4 is 52.3 Å². The Kier molecular flexibility index (Phi) is 10.5. The van der Waals surface area contributed by atoms with E-state index < -0.39 is 17.9 Å². The molecule has 1 unspecified atom stereocenters. The van der Waals surface area contributed by atoms with Crippen molar-refractivity contribution in [2.45, 2.75) is 39.2 Å². The van der Waals surface area contributed by atoms with Crippen molar-refractivity contribution in [3.05, 3.63) is 58.1 Å². The first kappa shape index (κ1) is 25.7. The Morgan fingerprint density at radius 1 is 1.06 bits per heavy atom. The fourth-order valence-electron chi connectivity index (χ4n) is 2.49. The summed E-state index contributed by atoms with van der Waals surface area (Å²) in [4.78, 5) is 24.5. The summed E-state index contributed by atoms with van der Waals surface area (Å²) in [6, 6.07) is 11.4. The minimum atomic E-state index is -0.885. The summed E-state index contributed by atoms with van der Waals surface area (Å²) in [5.74, 6) is 0.0662. The SMILES string of the molecule is CCCCCOc1ccc(C(=O)NC(=S)NNC(=O)C(C)Oc2ccc(Cl)cc2Cl)cc1. The van der Waals surface area contributed by atoms with Crippen LogP contribution in [0.2, 0.25) is 10.0 Å². The Morgan fingerprint density at radius 3 is 2.44 bits per heavy atom. The second-order valence-corrected chi connectivity index (χ2v) is 8.06. The molecule has 2 amide bonds. The molecule has 0 aliphatic heterocycles. The topological polar surface area (TPSA) is 88.7 Å². The van der Waals surface area contributed by atoms with E-state index >= 15 is 0 Å².